The summed E-state index contributed by atoms with van der Waals surface area (Å²) in [5.41, 5.74) is 10.4. The number of anilines is 1. The number of hydrogen-bond acceptors (Lipinski definition) is 2. The predicted molar refractivity (Wildman–Crippen MR) is 71.9 cm³/mol. The average Bonchev–Trinajstić information content (AvgIpc) is 2.96. The summed E-state index contributed by atoms with van der Waals surface area (Å²) in [7, 11) is 0. The van der Waals surface area contributed by atoms with Crippen molar-refractivity contribution in [1.29, 1.82) is 0 Å². The third-order valence-corrected chi connectivity index (χ3v) is 4.10. The Labute approximate surface area is 104 Å². The van der Waals surface area contributed by atoms with Crippen molar-refractivity contribution in [3.05, 3.63) is 29.3 Å². The molecule has 0 bridgehead atoms. The summed E-state index contributed by atoms with van der Waals surface area (Å²) in [5, 5.41) is 0. The van der Waals surface area contributed by atoms with E-state index in [1.54, 1.807) is 5.56 Å². The van der Waals surface area contributed by atoms with E-state index in [-0.39, 0.29) is 0 Å². The third kappa shape index (κ3) is 1.95. The maximum absolute atomic E-state index is 5.92. The second-order valence-corrected chi connectivity index (χ2v) is 6.26. The number of benzene rings is 1. The minimum atomic E-state index is 0.482. The molecule has 2 nitrogen and oxygen atoms in total. The Hall–Kier alpha value is -1.02. The molecule has 2 aliphatic rings. The number of rotatable bonds is 2. The number of hydrogen-bond donors (Lipinski definition) is 1. The highest BCUT2D eigenvalue weighted by Gasteiger charge is 2.48. The summed E-state index contributed by atoms with van der Waals surface area (Å²) in [6.07, 6.45) is 2.72. The molecular weight excluding hydrogens is 208 g/mol. The highest BCUT2D eigenvalue weighted by Crippen LogP contribution is 2.52. The molecule has 2 heteroatoms. The van der Waals surface area contributed by atoms with Crippen molar-refractivity contribution in [3.8, 4) is 0 Å². The van der Waals surface area contributed by atoms with Crippen molar-refractivity contribution >= 4 is 5.69 Å². The molecule has 0 unspecified atom stereocenters. The monoisotopic (exact) mass is 230 g/mol. The van der Waals surface area contributed by atoms with Crippen LogP contribution in [0.4, 0.5) is 5.69 Å². The Balaban J connectivity index is 1.92. The van der Waals surface area contributed by atoms with Crippen LogP contribution in [0, 0.1) is 5.92 Å². The van der Waals surface area contributed by atoms with Gasteiger partial charge in [-0.25, -0.2) is 0 Å². The molecule has 3 rings (SSSR count). The molecule has 0 atom stereocenters. The molecule has 92 valence electrons. The lowest BCUT2D eigenvalue weighted by Gasteiger charge is -2.36. The first-order valence-corrected chi connectivity index (χ1v) is 6.70. The van der Waals surface area contributed by atoms with E-state index in [4.69, 9.17) is 5.73 Å². The van der Waals surface area contributed by atoms with E-state index in [9.17, 15) is 0 Å². The maximum atomic E-state index is 5.92. The van der Waals surface area contributed by atoms with Crippen molar-refractivity contribution in [1.82, 2.24) is 4.90 Å². The first-order valence-electron chi connectivity index (χ1n) is 6.70. The number of fused-ring (bicyclic) bond motifs is 2. The second kappa shape index (κ2) is 3.74. The summed E-state index contributed by atoms with van der Waals surface area (Å²) < 4.78 is 0. The van der Waals surface area contributed by atoms with Crippen LogP contribution in [0.5, 0.6) is 0 Å². The summed E-state index contributed by atoms with van der Waals surface area (Å²) in [6.45, 7) is 8.14. The van der Waals surface area contributed by atoms with Crippen molar-refractivity contribution in [3.63, 3.8) is 0 Å². The fourth-order valence-corrected chi connectivity index (χ4v) is 3.30. The van der Waals surface area contributed by atoms with Crippen LogP contribution >= 0.6 is 0 Å². The normalized spacial score (nSPS) is 21.8. The summed E-state index contributed by atoms with van der Waals surface area (Å²) in [6, 6.07) is 6.52. The van der Waals surface area contributed by atoms with Crippen LogP contribution in [0.15, 0.2) is 18.2 Å². The van der Waals surface area contributed by atoms with Gasteiger partial charge in [0.05, 0.1) is 0 Å². The standard InChI is InChI=1S/C15H22N2/c1-11(2)8-17-9-12-7-13(16)3-4-14(12)15(10-17)5-6-15/h3-4,7,11H,5-6,8-10,16H2,1-2H3. The molecule has 17 heavy (non-hydrogen) atoms. The molecule has 1 fully saturated rings. The van der Waals surface area contributed by atoms with Gasteiger partial charge in [-0.15, -0.1) is 0 Å². The van der Waals surface area contributed by atoms with E-state index < -0.39 is 0 Å². The van der Waals surface area contributed by atoms with Gasteiger partial charge in [0.15, 0.2) is 0 Å². The van der Waals surface area contributed by atoms with Crippen LogP contribution in [-0.2, 0) is 12.0 Å². The lowest BCUT2D eigenvalue weighted by Crippen LogP contribution is -2.39. The predicted octanol–water partition coefficient (Wildman–Crippen LogP) is 2.77. The Kier molecular flexibility index (Phi) is 2.44. The fourth-order valence-electron chi connectivity index (χ4n) is 3.30. The van der Waals surface area contributed by atoms with Crippen LogP contribution < -0.4 is 5.73 Å². The molecule has 0 saturated heterocycles. The molecule has 1 aliphatic carbocycles. The Morgan fingerprint density at radius 2 is 2.12 bits per heavy atom. The molecule has 1 heterocycles. The van der Waals surface area contributed by atoms with E-state index in [0.29, 0.717) is 5.41 Å². The Morgan fingerprint density at radius 1 is 1.35 bits per heavy atom. The zero-order valence-corrected chi connectivity index (χ0v) is 10.9. The number of nitrogens with zero attached hydrogens (tertiary/aromatic N) is 1. The van der Waals surface area contributed by atoms with Gasteiger partial charge in [-0.05, 0) is 42.0 Å². The maximum Gasteiger partial charge on any atom is 0.0317 e. The summed E-state index contributed by atoms with van der Waals surface area (Å²) >= 11 is 0. The van der Waals surface area contributed by atoms with Gasteiger partial charge in [-0.2, -0.15) is 0 Å². The largest absolute Gasteiger partial charge is 0.399 e. The zero-order chi connectivity index (χ0) is 12.0. The fraction of sp³-hybridized carbons (Fsp3) is 0.600. The third-order valence-electron chi connectivity index (χ3n) is 4.10. The van der Waals surface area contributed by atoms with E-state index in [2.05, 4.69) is 36.9 Å². The van der Waals surface area contributed by atoms with Crippen molar-refractivity contribution in [2.24, 2.45) is 5.92 Å². The van der Waals surface area contributed by atoms with Crippen LogP contribution in [-0.4, -0.2) is 18.0 Å². The highest BCUT2D eigenvalue weighted by molar-refractivity contribution is 5.50. The van der Waals surface area contributed by atoms with E-state index in [0.717, 1.165) is 18.2 Å². The van der Waals surface area contributed by atoms with Gasteiger partial charge in [0.25, 0.3) is 0 Å². The van der Waals surface area contributed by atoms with Gasteiger partial charge in [0.1, 0.15) is 0 Å². The smallest absolute Gasteiger partial charge is 0.0317 e. The highest BCUT2D eigenvalue weighted by atomic mass is 15.1. The molecule has 2 N–H and O–H groups in total. The first-order chi connectivity index (χ1) is 8.09. The van der Waals surface area contributed by atoms with Crippen LogP contribution in [0.25, 0.3) is 0 Å². The van der Waals surface area contributed by atoms with Crippen molar-refractivity contribution < 1.29 is 0 Å². The minimum Gasteiger partial charge on any atom is -0.399 e. The van der Waals surface area contributed by atoms with Crippen molar-refractivity contribution in [2.45, 2.75) is 38.6 Å². The van der Waals surface area contributed by atoms with Gasteiger partial charge < -0.3 is 5.73 Å². The molecule has 0 amide bonds. The Bertz CT molecular complexity index is 433. The molecule has 1 aromatic rings. The van der Waals surface area contributed by atoms with Crippen molar-refractivity contribution in [2.75, 3.05) is 18.8 Å². The first kappa shape index (κ1) is 11.1. The van der Waals surface area contributed by atoms with Crippen LogP contribution in [0.1, 0.15) is 37.8 Å². The quantitative estimate of drug-likeness (QED) is 0.792. The molecule has 1 saturated carbocycles. The topological polar surface area (TPSA) is 29.3 Å². The summed E-state index contributed by atoms with van der Waals surface area (Å²) in [5.74, 6) is 0.744. The van der Waals surface area contributed by atoms with Gasteiger partial charge in [-0.3, -0.25) is 4.90 Å². The molecule has 0 radical (unpaired) electrons. The number of nitrogen functional groups attached to an aromatic ring is 1. The van der Waals surface area contributed by atoms with Gasteiger partial charge >= 0.3 is 0 Å². The van der Waals surface area contributed by atoms with E-state index in [1.807, 2.05) is 0 Å². The SMILES string of the molecule is CC(C)CN1Cc2cc(N)ccc2C2(CC2)C1. The average molecular weight is 230 g/mol. The van der Waals surface area contributed by atoms with Crippen LogP contribution in [0.3, 0.4) is 0 Å². The van der Waals surface area contributed by atoms with Crippen LogP contribution in [0.2, 0.25) is 0 Å². The molecule has 1 aromatic carbocycles. The molecule has 1 aliphatic heterocycles. The number of nitrogens with two attached hydrogens (primary N) is 1. The molecular formula is C15H22N2. The minimum absolute atomic E-state index is 0.482. The Morgan fingerprint density at radius 3 is 2.76 bits per heavy atom. The lowest BCUT2D eigenvalue weighted by molar-refractivity contribution is 0.199. The second-order valence-electron chi connectivity index (χ2n) is 6.26. The lowest BCUT2D eigenvalue weighted by atomic mass is 9.86. The molecule has 1 spiro atoms. The van der Waals surface area contributed by atoms with Gasteiger partial charge in [0, 0.05) is 30.7 Å². The van der Waals surface area contributed by atoms with E-state index >= 15 is 0 Å². The summed E-state index contributed by atoms with van der Waals surface area (Å²) in [4.78, 5) is 2.61. The molecule has 0 aromatic heterocycles. The van der Waals surface area contributed by atoms with Gasteiger partial charge in [0.2, 0.25) is 0 Å². The zero-order valence-electron chi connectivity index (χ0n) is 10.9. The van der Waals surface area contributed by atoms with E-state index in [1.165, 1.54) is 31.5 Å². The van der Waals surface area contributed by atoms with Gasteiger partial charge in [-0.1, -0.05) is 19.9 Å².